The second kappa shape index (κ2) is 5.58. The van der Waals surface area contributed by atoms with Gasteiger partial charge in [-0.15, -0.1) is 0 Å². The lowest BCUT2D eigenvalue weighted by Gasteiger charge is -2.07. The molecule has 0 aliphatic heterocycles. The fraction of sp³-hybridized carbons (Fsp3) is 0. The number of hydrogen-bond acceptors (Lipinski definition) is 4. The van der Waals surface area contributed by atoms with E-state index in [4.69, 9.17) is 0 Å². The van der Waals surface area contributed by atoms with Crippen LogP contribution in [-0.4, -0.2) is 13.4 Å². The van der Waals surface area contributed by atoms with Crippen molar-refractivity contribution in [2.75, 3.05) is 4.72 Å². The van der Waals surface area contributed by atoms with Gasteiger partial charge in [0.1, 0.15) is 4.90 Å². The van der Waals surface area contributed by atoms with Crippen LogP contribution in [0.5, 0.6) is 0 Å². The van der Waals surface area contributed by atoms with Crippen LogP contribution in [-0.2, 0) is 10.0 Å². The number of thiazole rings is 1. The summed E-state index contributed by atoms with van der Waals surface area (Å²) in [5, 5.41) is 0.316. The molecule has 0 unspecified atom stereocenters. The highest BCUT2D eigenvalue weighted by Crippen LogP contribution is 2.29. The molecule has 1 heterocycles. The molecule has 0 bridgehead atoms. The van der Waals surface area contributed by atoms with Gasteiger partial charge in [-0.25, -0.2) is 13.4 Å². The number of nitrogens with zero attached hydrogens (tertiary/aromatic N) is 1. The lowest BCUT2D eigenvalue weighted by molar-refractivity contribution is 0.600. The monoisotopic (exact) mass is 474 g/mol. The van der Waals surface area contributed by atoms with Crippen molar-refractivity contribution in [2.24, 2.45) is 0 Å². The first-order chi connectivity index (χ1) is 8.38. The van der Waals surface area contributed by atoms with Crippen LogP contribution in [0.4, 0.5) is 5.13 Å². The summed E-state index contributed by atoms with van der Waals surface area (Å²) in [7, 11) is -3.64. The molecule has 1 aromatic carbocycles. The Morgan fingerprint density at radius 3 is 2.50 bits per heavy atom. The summed E-state index contributed by atoms with van der Waals surface area (Å²) in [6.45, 7) is 0. The zero-order valence-electron chi connectivity index (χ0n) is 8.52. The minimum Gasteiger partial charge on any atom is -0.255 e. The van der Waals surface area contributed by atoms with Gasteiger partial charge >= 0.3 is 0 Å². The lowest BCUT2D eigenvalue weighted by atomic mass is 10.4. The number of aromatic nitrogens is 1. The van der Waals surface area contributed by atoms with Crippen molar-refractivity contribution in [1.29, 1.82) is 0 Å². The second-order valence-corrected chi connectivity index (χ2v) is 8.98. The number of nitrogens with one attached hydrogen (secondary N) is 1. The Morgan fingerprint density at radius 2 is 1.94 bits per heavy atom. The molecule has 18 heavy (non-hydrogen) atoms. The van der Waals surface area contributed by atoms with Crippen molar-refractivity contribution in [2.45, 2.75) is 4.90 Å². The molecule has 0 saturated heterocycles. The van der Waals surface area contributed by atoms with Crippen LogP contribution in [0, 0.1) is 0 Å². The number of halogens is 3. The number of hydrogen-bond donors (Lipinski definition) is 1. The maximum Gasteiger partial charge on any atom is 0.264 e. The Kier molecular flexibility index (Phi) is 4.48. The molecule has 1 N–H and O–H groups in total. The Labute approximate surface area is 133 Å². The molecule has 0 fully saturated rings. The average molecular weight is 477 g/mol. The van der Waals surface area contributed by atoms with E-state index < -0.39 is 10.0 Å². The van der Waals surface area contributed by atoms with Crippen molar-refractivity contribution in [3.8, 4) is 0 Å². The average Bonchev–Trinajstić information content (AvgIpc) is 2.62. The molecule has 4 nitrogen and oxygen atoms in total. The van der Waals surface area contributed by atoms with Crippen molar-refractivity contribution in [3.63, 3.8) is 0 Å². The van der Waals surface area contributed by atoms with Gasteiger partial charge in [-0.2, -0.15) is 0 Å². The molecule has 0 amide bonds. The van der Waals surface area contributed by atoms with Crippen molar-refractivity contribution in [3.05, 3.63) is 37.1 Å². The van der Waals surface area contributed by atoms with Gasteiger partial charge in [0.15, 0.2) is 5.13 Å². The summed E-state index contributed by atoms with van der Waals surface area (Å²) in [5.41, 5.74) is 0. The van der Waals surface area contributed by atoms with Crippen molar-refractivity contribution >= 4 is 74.3 Å². The van der Waals surface area contributed by atoms with E-state index in [0.29, 0.717) is 9.60 Å². The van der Waals surface area contributed by atoms with Gasteiger partial charge in [-0.3, -0.25) is 4.72 Å². The van der Waals surface area contributed by atoms with Gasteiger partial charge in [0.2, 0.25) is 0 Å². The van der Waals surface area contributed by atoms with Gasteiger partial charge in [0.25, 0.3) is 10.0 Å². The summed E-state index contributed by atoms with van der Waals surface area (Å²) in [5.74, 6) is 0. The molecule has 0 aliphatic rings. The topological polar surface area (TPSA) is 59.1 Å². The highest BCUT2D eigenvalue weighted by molar-refractivity contribution is 9.11. The third-order valence-corrected chi connectivity index (χ3v) is 6.21. The number of benzene rings is 1. The van der Waals surface area contributed by atoms with E-state index in [2.05, 4.69) is 57.5 Å². The molecule has 2 aromatic rings. The van der Waals surface area contributed by atoms with Crippen LogP contribution in [0.1, 0.15) is 0 Å². The molecule has 0 aliphatic carbocycles. The first-order valence-electron chi connectivity index (χ1n) is 4.48. The smallest absolute Gasteiger partial charge is 0.255 e. The molecule has 0 spiro atoms. The minimum absolute atomic E-state index is 0.164. The van der Waals surface area contributed by atoms with E-state index in [1.54, 1.807) is 18.3 Å². The molecule has 0 saturated carbocycles. The van der Waals surface area contributed by atoms with E-state index in [1.165, 1.54) is 17.4 Å². The molecular formula is C9H5Br3N2O2S2. The van der Waals surface area contributed by atoms with E-state index in [-0.39, 0.29) is 4.90 Å². The first kappa shape index (κ1) is 14.4. The van der Waals surface area contributed by atoms with E-state index in [0.717, 1.165) is 8.26 Å². The third kappa shape index (κ3) is 3.32. The third-order valence-electron chi connectivity index (χ3n) is 1.88. The largest absolute Gasteiger partial charge is 0.264 e. The molecule has 9 heteroatoms. The maximum atomic E-state index is 12.1. The molecule has 2 rings (SSSR count). The number of anilines is 1. The lowest BCUT2D eigenvalue weighted by Crippen LogP contribution is -2.13. The molecule has 0 atom stereocenters. The van der Waals surface area contributed by atoms with Gasteiger partial charge in [-0.1, -0.05) is 27.3 Å². The fourth-order valence-electron chi connectivity index (χ4n) is 1.16. The minimum atomic E-state index is -3.64. The predicted octanol–water partition coefficient (Wildman–Crippen LogP) is 4.23. The summed E-state index contributed by atoms with van der Waals surface area (Å²) in [6, 6.07) is 4.85. The molecule has 0 radical (unpaired) electrons. The number of rotatable bonds is 3. The zero-order chi connectivity index (χ0) is 13.3. The maximum absolute atomic E-state index is 12.1. The Hall–Kier alpha value is 0.0400. The van der Waals surface area contributed by atoms with E-state index in [1.807, 2.05) is 0 Å². The summed E-state index contributed by atoms with van der Waals surface area (Å²) >= 11 is 10.9. The highest BCUT2D eigenvalue weighted by atomic mass is 79.9. The summed E-state index contributed by atoms with van der Waals surface area (Å²) in [4.78, 5) is 4.09. The molecular weight excluding hydrogens is 472 g/mol. The second-order valence-electron chi connectivity index (χ2n) is 3.15. The standard InChI is InChI=1S/C9H5Br3N2O2S2/c10-5-1-2-7(6(11)3-5)18(15,16)14-9-13-4-8(12)17-9/h1-4H,(H,13,14). The van der Waals surface area contributed by atoms with Crippen LogP contribution in [0.15, 0.2) is 42.0 Å². The van der Waals surface area contributed by atoms with E-state index >= 15 is 0 Å². The fourth-order valence-corrected chi connectivity index (χ4v) is 5.26. The van der Waals surface area contributed by atoms with Crippen LogP contribution < -0.4 is 4.72 Å². The van der Waals surface area contributed by atoms with Gasteiger partial charge in [-0.05, 0) is 50.1 Å². The normalized spacial score (nSPS) is 11.5. The zero-order valence-corrected chi connectivity index (χ0v) is 14.9. The van der Waals surface area contributed by atoms with Crippen LogP contribution >= 0.6 is 59.1 Å². The first-order valence-corrected chi connectivity index (χ1v) is 9.15. The van der Waals surface area contributed by atoms with Crippen LogP contribution in [0.25, 0.3) is 0 Å². The molecule has 1 aromatic heterocycles. The quantitative estimate of drug-likeness (QED) is 0.721. The Morgan fingerprint density at radius 1 is 1.22 bits per heavy atom. The van der Waals surface area contributed by atoms with Crippen molar-refractivity contribution < 1.29 is 8.42 Å². The molecule has 96 valence electrons. The van der Waals surface area contributed by atoms with Gasteiger partial charge in [0, 0.05) is 8.95 Å². The van der Waals surface area contributed by atoms with E-state index in [9.17, 15) is 8.42 Å². The van der Waals surface area contributed by atoms with Gasteiger partial charge < -0.3 is 0 Å². The van der Waals surface area contributed by atoms with Gasteiger partial charge in [0.05, 0.1) is 9.98 Å². The summed E-state index contributed by atoms with van der Waals surface area (Å²) < 4.78 is 28.7. The Bertz CT molecular complexity index is 685. The van der Waals surface area contributed by atoms with Crippen molar-refractivity contribution in [1.82, 2.24) is 4.98 Å². The summed E-state index contributed by atoms with van der Waals surface area (Å²) in [6.07, 6.45) is 1.54. The predicted molar refractivity (Wildman–Crippen MR) is 82.5 cm³/mol. The Balaban J connectivity index is 2.36. The number of sulfonamides is 1. The SMILES string of the molecule is O=S(=O)(Nc1ncc(Br)s1)c1ccc(Br)cc1Br. The van der Waals surface area contributed by atoms with Crippen LogP contribution in [0.2, 0.25) is 0 Å². The van der Waals surface area contributed by atoms with Crippen LogP contribution in [0.3, 0.4) is 0 Å². The highest BCUT2D eigenvalue weighted by Gasteiger charge is 2.19.